The van der Waals surface area contributed by atoms with Gasteiger partial charge in [-0.2, -0.15) is 5.10 Å². The molecule has 158 valence electrons. The Labute approximate surface area is 182 Å². The van der Waals surface area contributed by atoms with Gasteiger partial charge < -0.3 is 15.0 Å². The lowest BCUT2D eigenvalue weighted by Gasteiger charge is -2.29. The minimum atomic E-state index is 0.618. The molecule has 5 rings (SSSR count). The summed E-state index contributed by atoms with van der Waals surface area (Å²) >= 11 is 0. The number of ether oxygens (including phenoxy) is 1. The molecule has 0 aliphatic carbocycles. The molecule has 2 aromatic carbocycles. The minimum absolute atomic E-state index is 0.618. The van der Waals surface area contributed by atoms with E-state index in [4.69, 9.17) is 14.8 Å². The molecule has 0 saturated carbocycles. The molecule has 31 heavy (non-hydrogen) atoms. The van der Waals surface area contributed by atoms with E-state index in [0.717, 1.165) is 43.4 Å². The number of aromatic nitrogens is 3. The molecule has 1 aliphatic heterocycles. The summed E-state index contributed by atoms with van der Waals surface area (Å²) in [6.45, 7) is 5.85. The Hall–Kier alpha value is -3.22. The molecule has 0 atom stereocenters. The van der Waals surface area contributed by atoms with Gasteiger partial charge in [0.25, 0.3) is 0 Å². The lowest BCUT2D eigenvalue weighted by atomic mass is 10.1. The van der Waals surface area contributed by atoms with E-state index in [1.54, 1.807) is 0 Å². The van der Waals surface area contributed by atoms with Gasteiger partial charge in [0, 0.05) is 37.8 Å². The number of hydrogen-bond donors (Lipinski definition) is 1. The molecule has 6 heteroatoms. The first-order chi connectivity index (χ1) is 15.4. The van der Waals surface area contributed by atoms with Crippen LogP contribution in [0.3, 0.4) is 0 Å². The molecule has 2 aromatic heterocycles. The van der Waals surface area contributed by atoms with Crippen LogP contribution in [0.2, 0.25) is 0 Å². The van der Waals surface area contributed by atoms with Crippen LogP contribution < -0.4 is 10.2 Å². The Morgan fingerprint density at radius 3 is 2.58 bits per heavy atom. The van der Waals surface area contributed by atoms with E-state index >= 15 is 0 Å². The van der Waals surface area contributed by atoms with Crippen molar-refractivity contribution in [3.05, 3.63) is 78.5 Å². The fourth-order valence-electron chi connectivity index (χ4n) is 3.97. The summed E-state index contributed by atoms with van der Waals surface area (Å²) < 4.78 is 7.74. The number of nitrogens with one attached hydrogen (secondary N) is 1. The molecule has 6 nitrogen and oxygen atoms in total. The van der Waals surface area contributed by atoms with Crippen LogP contribution >= 0.6 is 0 Å². The average molecular weight is 414 g/mol. The van der Waals surface area contributed by atoms with E-state index in [1.807, 2.05) is 35.1 Å². The number of piperazine rings is 1. The second-order valence-electron chi connectivity index (χ2n) is 7.79. The van der Waals surface area contributed by atoms with Crippen LogP contribution in [0.1, 0.15) is 5.56 Å². The number of pyridine rings is 1. The molecule has 1 aliphatic rings. The molecule has 0 bridgehead atoms. The molecule has 0 amide bonds. The third-order valence-electron chi connectivity index (χ3n) is 5.62. The number of hydrogen-bond acceptors (Lipinski definition) is 5. The topological polar surface area (TPSA) is 55.2 Å². The predicted molar refractivity (Wildman–Crippen MR) is 124 cm³/mol. The fraction of sp³-hybridized carbons (Fsp3) is 0.280. The first kappa shape index (κ1) is 19.7. The van der Waals surface area contributed by atoms with Gasteiger partial charge in [-0.25, -0.2) is 4.98 Å². The van der Waals surface area contributed by atoms with Gasteiger partial charge in [0.2, 0.25) is 0 Å². The number of anilines is 1. The molecule has 1 fully saturated rings. The van der Waals surface area contributed by atoms with Gasteiger partial charge in [-0.3, -0.25) is 4.68 Å². The molecule has 1 saturated heterocycles. The zero-order valence-electron chi connectivity index (χ0n) is 17.6. The molecular formula is C25H27N5O. The van der Waals surface area contributed by atoms with Crippen LogP contribution in [0.5, 0.6) is 0 Å². The third kappa shape index (κ3) is 4.60. The Morgan fingerprint density at radius 2 is 1.71 bits per heavy atom. The van der Waals surface area contributed by atoms with Crippen molar-refractivity contribution < 1.29 is 4.74 Å². The SMILES string of the molecule is c1ccc(COCCn2ccc(-c3cc4ccccc4c(N4CCNCC4)n3)n2)cc1. The Bertz CT molecular complexity index is 1140. The van der Waals surface area contributed by atoms with Crippen LogP contribution in [0.15, 0.2) is 72.9 Å². The van der Waals surface area contributed by atoms with Gasteiger partial charge in [-0.15, -0.1) is 0 Å². The zero-order valence-corrected chi connectivity index (χ0v) is 17.6. The lowest BCUT2D eigenvalue weighted by Crippen LogP contribution is -2.44. The Kier molecular flexibility index (Phi) is 5.91. The number of nitrogens with zero attached hydrogens (tertiary/aromatic N) is 4. The summed E-state index contributed by atoms with van der Waals surface area (Å²) in [5.41, 5.74) is 2.99. The monoisotopic (exact) mass is 413 g/mol. The van der Waals surface area contributed by atoms with Crippen molar-refractivity contribution in [3.63, 3.8) is 0 Å². The van der Waals surface area contributed by atoms with Gasteiger partial charge in [-0.1, -0.05) is 54.6 Å². The molecule has 3 heterocycles. The Balaban J connectivity index is 1.32. The average Bonchev–Trinajstić information content (AvgIpc) is 3.31. The van der Waals surface area contributed by atoms with E-state index in [2.05, 4.69) is 52.7 Å². The maximum absolute atomic E-state index is 5.81. The highest BCUT2D eigenvalue weighted by Crippen LogP contribution is 2.29. The summed E-state index contributed by atoms with van der Waals surface area (Å²) in [4.78, 5) is 7.41. The van der Waals surface area contributed by atoms with E-state index in [1.165, 1.54) is 16.3 Å². The zero-order chi connectivity index (χ0) is 20.9. The van der Waals surface area contributed by atoms with Crippen molar-refractivity contribution in [2.45, 2.75) is 13.2 Å². The minimum Gasteiger partial charge on any atom is -0.375 e. The van der Waals surface area contributed by atoms with E-state index < -0.39 is 0 Å². The van der Waals surface area contributed by atoms with Crippen LogP contribution in [0.4, 0.5) is 5.82 Å². The van der Waals surface area contributed by atoms with Crippen molar-refractivity contribution >= 4 is 16.6 Å². The van der Waals surface area contributed by atoms with Crippen LogP contribution in [-0.4, -0.2) is 47.6 Å². The van der Waals surface area contributed by atoms with Crippen molar-refractivity contribution in [2.75, 3.05) is 37.7 Å². The summed E-state index contributed by atoms with van der Waals surface area (Å²) in [6, 6.07) is 22.9. The maximum atomic E-state index is 5.81. The lowest BCUT2D eigenvalue weighted by molar-refractivity contribution is 0.111. The van der Waals surface area contributed by atoms with E-state index in [-0.39, 0.29) is 0 Å². The molecule has 0 unspecified atom stereocenters. The molecule has 0 radical (unpaired) electrons. The first-order valence-electron chi connectivity index (χ1n) is 10.9. The summed E-state index contributed by atoms with van der Waals surface area (Å²) in [5, 5.41) is 10.6. The Morgan fingerprint density at radius 1 is 0.903 bits per heavy atom. The third-order valence-corrected chi connectivity index (χ3v) is 5.62. The van der Waals surface area contributed by atoms with Crippen LogP contribution in [0.25, 0.3) is 22.2 Å². The number of benzene rings is 2. The summed E-state index contributed by atoms with van der Waals surface area (Å²) in [5.74, 6) is 1.05. The molecule has 4 aromatic rings. The summed E-state index contributed by atoms with van der Waals surface area (Å²) in [7, 11) is 0. The van der Waals surface area contributed by atoms with E-state index in [0.29, 0.717) is 19.8 Å². The first-order valence-corrected chi connectivity index (χ1v) is 10.9. The predicted octanol–water partition coefficient (Wildman–Crippen LogP) is 3.72. The maximum Gasteiger partial charge on any atom is 0.137 e. The highest BCUT2D eigenvalue weighted by Gasteiger charge is 2.17. The van der Waals surface area contributed by atoms with Crippen LogP contribution in [-0.2, 0) is 17.9 Å². The second kappa shape index (κ2) is 9.29. The van der Waals surface area contributed by atoms with Crippen molar-refractivity contribution in [2.24, 2.45) is 0 Å². The highest BCUT2D eigenvalue weighted by molar-refractivity contribution is 5.94. The van der Waals surface area contributed by atoms with Crippen LogP contribution in [0, 0.1) is 0 Å². The second-order valence-corrected chi connectivity index (χ2v) is 7.79. The molecule has 0 spiro atoms. The van der Waals surface area contributed by atoms with Gasteiger partial charge in [0.1, 0.15) is 11.5 Å². The van der Waals surface area contributed by atoms with Crippen molar-refractivity contribution in [3.8, 4) is 11.4 Å². The van der Waals surface area contributed by atoms with Gasteiger partial charge in [0.05, 0.1) is 25.5 Å². The number of fused-ring (bicyclic) bond motifs is 1. The quantitative estimate of drug-likeness (QED) is 0.468. The normalized spacial score (nSPS) is 14.3. The molecule has 1 N–H and O–H groups in total. The van der Waals surface area contributed by atoms with Gasteiger partial charge >= 0.3 is 0 Å². The highest BCUT2D eigenvalue weighted by atomic mass is 16.5. The van der Waals surface area contributed by atoms with Gasteiger partial charge in [-0.05, 0) is 23.1 Å². The molecular weight excluding hydrogens is 386 g/mol. The standard InChI is InChI=1S/C25H27N5O/c1-2-6-20(7-3-1)19-31-17-16-30-13-10-23(28-30)24-18-21-8-4-5-9-22(21)25(27-24)29-14-11-26-12-15-29/h1-10,13,18,26H,11-12,14-17,19H2. The van der Waals surface area contributed by atoms with Gasteiger partial charge in [0.15, 0.2) is 0 Å². The van der Waals surface area contributed by atoms with Crippen molar-refractivity contribution in [1.82, 2.24) is 20.1 Å². The number of rotatable bonds is 7. The fourth-order valence-corrected chi connectivity index (χ4v) is 3.97. The smallest absolute Gasteiger partial charge is 0.137 e. The largest absolute Gasteiger partial charge is 0.375 e. The summed E-state index contributed by atoms with van der Waals surface area (Å²) in [6.07, 6.45) is 2.00. The van der Waals surface area contributed by atoms with Crippen molar-refractivity contribution in [1.29, 1.82) is 0 Å². The van der Waals surface area contributed by atoms with E-state index in [9.17, 15) is 0 Å².